The molecule has 2 aromatic heterocycles. The lowest BCUT2D eigenvalue weighted by Gasteiger charge is -2.14. The number of aromatic nitrogens is 3. The second-order valence-electron chi connectivity index (χ2n) is 4.17. The second kappa shape index (κ2) is 5.10. The monoisotopic (exact) mass is 230 g/mol. The molecular weight excluding hydrogens is 212 g/mol. The maximum absolute atomic E-state index is 6.23. The highest BCUT2D eigenvalue weighted by atomic mass is 15.1. The topological polar surface area (TPSA) is 56.7 Å². The van der Waals surface area contributed by atoms with E-state index in [1.165, 1.54) is 0 Å². The van der Waals surface area contributed by atoms with Gasteiger partial charge in [0.1, 0.15) is 5.82 Å². The zero-order chi connectivity index (χ0) is 12.3. The summed E-state index contributed by atoms with van der Waals surface area (Å²) in [5, 5.41) is 0. The van der Waals surface area contributed by atoms with Crippen LogP contribution in [0.5, 0.6) is 0 Å². The smallest absolute Gasteiger partial charge is 0.110 e. The Labute approximate surface area is 102 Å². The Morgan fingerprint density at radius 3 is 2.94 bits per heavy atom. The third kappa shape index (κ3) is 2.53. The quantitative estimate of drug-likeness (QED) is 0.872. The van der Waals surface area contributed by atoms with Gasteiger partial charge in [-0.1, -0.05) is 0 Å². The highest BCUT2D eigenvalue weighted by Crippen LogP contribution is 2.17. The van der Waals surface area contributed by atoms with Gasteiger partial charge >= 0.3 is 0 Å². The molecule has 17 heavy (non-hydrogen) atoms. The largest absolute Gasteiger partial charge is 0.335 e. The van der Waals surface area contributed by atoms with E-state index < -0.39 is 0 Å². The fourth-order valence-electron chi connectivity index (χ4n) is 2.02. The number of imidazole rings is 1. The molecule has 0 aliphatic carbocycles. The van der Waals surface area contributed by atoms with E-state index in [1.807, 2.05) is 31.6 Å². The summed E-state index contributed by atoms with van der Waals surface area (Å²) in [4.78, 5) is 8.43. The highest BCUT2D eigenvalue weighted by molar-refractivity contribution is 5.25. The van der Waals surface area contributed by atoms with Crippen molar-refractivity contribution in [3.8, 4) is 0 Å². The summed E-state index contributed by atoms with van der Waals surface area (Å²) in [6, 6.07) is 1.96. The molecular formula is C13H18N4. The summed E-state index contributed by atoms with van der Waals surface area (Å²) in [6.45, 7) is 5.07. The predicted molar refractivity (Wildman–Crippen MR) is 67.5 cm³/mol. The van der Waals surface area contributed by atoms with Crippen LogP contribution in [0.1, 0.15) is 29.9 Å². The molecule has 0 bridgehead atoms. The molecule has 0 spiro atoms. The Kier molecular flexibility index (Phi) is 3.54. The average molecular weight is 230 g/mol. The van der Waals surface area contributed by atoms with Crippen molar-refractivity contribution in [2.75, 3.05) is 0 Å². The zero-order valence-corrected chi connectivity index (χ0v) is 10.3. The molecule has 0 aliphatic heterocycles. The minimum atomic E-state index is -0.0225. The third-order valence-electron chi connectivity index (χ3n) is 3.01. The summed E-state index contributed by atoms with van der Waals surface area (Å²) in [5.74, 6) is 1.04. The van der Waals surface area contributed by atoms with Gasteiger partial charge in [0.25, 0.3) is 0 Å². The van der Waals surface area contributed by atoms with Crippen molar-refractivity contribution in [1.82, 2.24) is 14.5 Å². The molecule has 1 unspecified atom stereocenters. The zero-order valence-electron chi connectivity index (χ0n) is 10.3. The highest BCUT2D eigenvalue weighted by Gasteiger charge is 2.12. The molecule has 0 aromatic carbocycles. The number of nitrogens with two attached hydrogens (primary N) is 1. The van der Waals surface area contributed by atoms with Crippen molar-refractivity contribution >= 4 is 0 Å². The molecule has 1 atom stereocenters. The van der Waals surface area contributed by atoms with Crippen molar-refractivity contribution in [1.29, 1.82) is 0 Å². The van der Waals surface area contributed by atoms with Crippen molar-refractivity contribution in [2.45, 2.75) is 32.9 Å². The Morgan fingerprint density at radius 2 is 2.24 bits per heavy atom. The van der Waals surface area contributed by atoms with Gasteiger partial charge in [-0.2, -0.15) is 0 Å². The van der Waals surface area contributed by atoms with E-state index in [2.05, 4.69) is 21.5 Å². The lowest BCUT2D eigenvalue weighted by molar-refractivity contribution is 0.625. The van der Waals surface area contributed by atoms with Gasteiger partial charge in [-0.05, 0) is 31.0 Å². The Hall–Kier alpha value is -1.68. The van der Waals surface area contributed by atoms with Crippen LogP contribution in [0.4, 0.5) is 0 Å². The number of rotatable bonds is 4. The van der Waals surface area contributed by atoms with E-state index in [9.17, 15) is 0 Å². The van der Waals surface area contributed by atoms with Crippen LogP contribution < -0.4 is 5.73 Å². The number of hydrogen-bond acceptors (Lipinski definition) is 3. The van der Waals surface area contributed by atoms with Crippen LogP contribution in [0.3, 0.4) is 0 Å². The molecule has 0 saturated carbocycles. The van der Waals surface area contributed by atoms with Crippen LogP contribution in [0.2, 0.25) is 0 Å². The number of nitrogens with zero attached hydrogens (tertiary/aromatic N) is 3. The van der Waals surface area contributed by atoms with E-state index in [0.29, 0.717) is 0 Å². The first-order valence-corrected chi connectivity index (χ1v) is 5.88. The van der Waals surface area contributed by atoms with Gasteiger partial charge in [0, 0.05) is 43.8 Å². The predicted octanol–water partition coefficient (Wildman–Crippen LogP) is 1.85. The first-order chi connectivity index (χ1) is 8.22. The molecule has 2 N–H and O–H groups in total. The maximum atomic E-state index is 6.23. The Morgan fingerprint density at radius 1 is 1.41 bits per heavy atom. The SMILES string of the molecule is CCn1ccnc1CC(N)c1ccncc1C. The first kappa shape index (κ1) is 11.8. The maximum Gasteiger partial charge on any atom is 0.110 e. The van der Waals surface area contributed by atoms with Gasteiger partial charge in [-0.3, -0.25) is 4.98 Å². The summed E-state index contributed by atoms with van der Waals surface area (Å²) in [7, 11) is 0. The van der Waals surface area contributed by atoms with E-state index in [1.54, 1.807) is 6.20 Å². The van der Waals surface area contributed by atoms with Gasteiger partial charge in [-0.25, -0.2) is 4.98 Å². The summed E-state index contributed by atoms with van der Waals surface area (Å²) in [6.07, 6.45) is 8.20. The number of pyridine rings is 1. The molecule has 0 amide bonds. The van der Waals surface area contributed by atoms with Gasteiger partial charge in [0.15, 0.2) is 0 Å². The van der Waals surface area contributed by atoms with Gasteiger partial charge in [0.05, 0.1) is 0 Å². The normalized spacial score (nSPS) is 12.6. The van der Waals surface area contributed by atoms with Crippen molar-refractivity contribution < 1.29 is 0 Å². The van der Waals surface area contributed by atoms with Crippen LogP contribution in [0.25, 0.3) is 0 Å². The van der Waals surface area contributed by atoms with Crippen molar-refractivity contribution in [3.05, 3.63) is 47.8 Å². The van der Waals surface area contributed by atoms with Crippen LogP contribution >= 0.6 is 0 Å². The second-order valence-corrected chi connectivity index (χ2v) is 4.17. The summed E-state index contributed by atoms with van der Waals surface area (Å²) < 4.78 is 2.12. The lowest BCUT2D eigenvalue weighted by Crippen LogP contribution is -2.17. The molecule has 0 aliphatic rings. The van der Waals surface area contributed by atoms with E-state index in [0.717, 1.165) is 29.9 Å². The van der Waals surface area contributed by atoms with Crippen LogP contribution in [0.15, 0.2) is 30.9 Å². The van der Waals surface area contributed by atoms with E-state index >= 15 is 0 Å². The van der Waals surface area contributed by atoms with Gasteiger partial charge in [-0.15, -0.1) is 0 Å². The minimum absolute atomic E-state index is 0.0225. The lowest BCUT2D eigenvalue weighted by atomic mass is 10.0. The minimum Gasteiger partial charge on any atom is -0.335 e. The average Bonchev–Trinajstić information content (AvgIpc) is 2.76. The van der Waals surface area contributed by atoms with Gasteiger partial charge in [0.2, 0.25) is 0 Å². The van der Waals surface area contributed by atoms with Crippen molar-refractivity contribution in [2.24, 2.45) is 5.73 Å². The number of aryl methyl sites for hydroxylation is 2. The third-order valence-corrected chi connectivity index (χ3v) is 3.01. The van der Waals surface area contributed by atoms with Crippen LogP contribution in [-0.2, 0) is 13.0 Å². The molecule has 0 radical (unpaired) electrons. The molecule has 2 heterocycles. The number of hydrogen-bond donors (Lipinski definition) is 1. The van der Waals surface area contributed by atoms with Crippen LogP contribution in [0, 0.1) is 6.92 Å². The molecule has 0 saturated heterocycles. The molecule has 90 valence electrons. The van der Waals surface area contributed by atoms with Crippen molar-refractivity contribution in [3.63, 3.8) is 0 Å². The van der Waals surface area contributed by atoms with E-state index in [-0.39, 0.29) is 6.04 Å². The van der Waals surface area contributed by atoms with Gasteiger partial charge < -0.3 is 10.3 Å². The molecule has 2 rings (SSSR count). The molecule has 4 nitrogen and oxygen atoms in total. The molecule has 4 heteroatoms. The molecule has 0 fully saturated rings. The molecule has 2 aromatic rings. The first-order valence-electron chi connectivity index (χ1n) is 5.88. The Bertz CT molecular complexity index is 490. The summed E-state index contributed by atoms with van der Waals surface area (Å²) in [5.41, 5.74) is 8.51. The standard InChI is InChI=1S/C13H18N4/c1-3-17-7-6-16-13(17)8-12(14)11-4-5-15-9-10(11)2/h4-7,9,12H,3,8,14H2,1-2H3. The van der Waals surface area contributed by atoms with E-state index in [4.69, 9.17) is 5.73 Å². The summed E-state index contributed by atoms with van der Waals surface area (Å²) >= 11 is 0. The Balaban J connectivity index is 2.17. The fraction of sp³-hybridized carbons (Fsp3) is 0.385. The van der Waals surface area contributed by atoms with Crippen LogP contribution in [-0.4, -0.2) is 14.5 Å². The fourth-order valence-corrected chi connectivity index (χ4v) is 2.02.